The van der Waals surface area contributed by atoms with Crippen LogP contribution in [-0.2, 0) is 4.57 Å². The van der Waals surface area contributed by atoms with Crippen LogP contribution in [0.25, 0.3) is 0 Å². The number of hydrogen-bond acceptors (Lipinski definition) is 1. The summed E-state index contributed by atoms with van der Waals surface area (Å²) in [5, 5.41) is 0. The number of hydrogen-bond donors (Lipinski definition) is 3. The Morgan fingerprint density at radius 2 is 1.25 bits per heavy atom. The van der Waals surface area contributed by atoms with Gasteiger partial charge in [0.2, 0.25) is 0 Å². The summed E-state index contributed by atoms with van der Waals surface area (Å²) in [6.07, 6.45) is 0. The van der Waals surface area contributed by atoms with E-state index in [2.05, 4.69) is 0 Å². The third kappa shape index (κ3) is 5.75. The number of rotatable bonds is 0. The molecule has 0 fully saturated rings. The Hall–Kier alpha value is -0.220. The van der Waals surface area contributed by atoms with Crippen LogP contribution in [0.2, 0.25) is 0 Å². The maximum Gasteiger partial charge on any atom is 0.466 e. The van der Waals surface area contributed by atoms with Crippen molar-refractivity contribution in [3.63, 3.8) is 0 Å². The van der Waals surface area contributed by atoms with E-state index in [0.717, 1.165) is 0 Å². The summed E-state index contributed by atoms with van der Waals surface area (Å²) in [5.74, 6) is -5.48. The van der Waals surface area contributed by atoms with Crippen molar-refractivity contribution in [2.75, 3.05) is 0 Å². The second-order valence-corrected chi connectivity index (χ2v) is 4.40. The largest absolute Gasteiger partial charge is 0.466 e. The van der Waals surface area contributed by atoms with Crippen molar-refractivity contribution < 1.29 is 36.8 Å². The van der Waals surface area contributed by atoms with Crippen LogP contribution in [0.3, 0.4) is 0 Å². The third-order valence-corrected chi connectivity index (χ3v) is 2.01. The molecule has 0 spiro atoms. The zero-order chi connectivity index (χ0) is 13.1. The van der Waals surface area contributed by atoms with Gasteiger partial charge >= 0.3 is 7.82 Å². The molecule has 4 nitrogen and oxygen atoms in total. The molecule has 0 saturated heterocycles. The molecule has 0 aliphatic rings. The molecule has 0 bridgehead atoms. The molecule has 0 aliphatic heterocycles. The standard InChI is InChI=1S/C6HF4I.H3O4P/c7-2-1-3(8)5(10)6(11)4(2)9;1-5(2,3)4/h1H;(H3,1,2,3,4). The Bertz CT molecular complexity index is 401. The summed E-state index contributed by atoms with van der Waals surface area (Å²) in [7, 11) is -4.64. The van der Waals surface area contributed by atoms with Crippen molar-refractivity contribution in [3.05, 3.63) is 32.9 Å². The molecule has 0 radical (unpaired) electrons. The molecule has 3 N–H and O–H groups in total. The predicted octanol–water partition coefficient (Wildman–Crippen LogP) is 1.92. The topological polar surface area (TPSA) is 77.8 Å². The molecule has 1 aromatic rings. The highest BCUT2D eigenvalue weighted by Crippen LogP contribution is 2.25. The van der Waals surface area contributed by atoms with E-state index in [1.807, 2.05) is 0 Å². The van der Waals surface area contributed by atoms with E-state index in [-0.39, 0.29) is 6.07 Å². The van der Waals surface area contributed by atoms with Crippen molar-refractivity contribution in [3.8, 4) is 0 Å². The highest BCUT2D eigenvalue weighted by Gasteiger charge is 2.15. The van der Waals surface area contributed by atoms with Crippen molar-refractivity contribution in [2.24, 2.45) is 0 Å². The fraction of sp³-hybridized carbons (Fsp3) is 0. The number of halogens is 5. The summed E-state index contributed by atoms with van der Waals surface area (Å²) in [6.45, 7) is 0. The first-order chi connectivity index (χ1) is 7.04. The van der Waals surface area contributed by atoms with Crippen molar-refractivity contribution in [1.82, 2.24) is 0 Å². The average Bonchev–Trinajstić information content (AvgIpc) is 2.09. The normalized spacial score (nSPS) is 10.8. The van der Waals surface area contributed by atoms with Crippen LogP contribution in [0.5, 0.6) is 0 Å². The zero-order valence-corrected chi connectivity index (χ0v) is 10.2. The predicted molar refractivity (Wildman–Crippen MR) is 53.3 cm³/mol. The smallest absolute Gasteiger partial charge is 0.303 e. The van der Waals surface area contributed by atoms with Crippen LogP contribution in [-0.4, -0.2) is 14.7 Å². The van der Waals surface area contributed by atoms with E-state index >= 15 is 0 Å². The lowest BCUT2D eigenvalue weighted by atomic mass is 10.3. The van der Waals surface area contributed by atoms with Gasteiger partial charge in [-0.25, -0.2) is 22.1 Å². The van der Waals surface area contributed by atoms with Gasteiger partial charge in [-0.2, -0.15) is 0 Å². The van der Waals surface area contributed by atoms with Gasteiger partial charge in [0.25, 0.3) is 0 Å². The van der Waals surface area contributed by atoms with Crippen LogP contribution in [0.1, 0.15) is 0 Å². The van der Waals surface area contributed by atoms with Crippen LogP contribution in [0.15, 0.2) is 6.07 Å². The fourth-order valence-electron chi connectivity index (χ4n) is 0.544. The molecule has 0 aliphatic carbocycles. The minimum atomic E-state index is -4.64. The lowest BCUT2D eigenvalue weighted by molar-refractivity contribution is 0.275. The molecule has 92 valence electrons. The average molecular weight is 374 g/mol. The first-order valence-corrected chi connectivity index (χ1v) is 5.95. The lowest BCUT2D eigenvalue weighted by Crippen LogP contribution is -1.97. The molecule has 1 rings (SSSR count). The van der Waals surface area contributed by atoms with Crippen LogP contribution < -0.4 is 0 Å². The van der Waals surface area contributed by atoms with Gasteiger partial charge in [0, 0.05) is 6.07 Å². The van der Waals surface area contributed by atoms with Gasteiger partial charge < -0.3 is 14.7 Å². The SMILES string of the molecule is Fc1cc(F)c(F)c(I)c1F.O=P(O)(O)O. The monoisotopic (exact) mass is 374 g/mol. The van der Waals surface area contributed by atoms with E-state index in [4.69, 9.17) is 19.2 Å². The van der Waals surface area contributed by atoms with E-state index < -0.39 is 34.7 Å². The van der Waals surface area contributed by atoms with Gasteiger partial charge in [-0.3, -0.25) is 0 Å². The van der Waals surface area contributed by atoms with E-state index in [0.29, 0.717) is 0 Å². The molecule has 0 aromatic heterocycles. The third-order valence-electron chi connectivity index (χ3n) is 1.06. The molecule has 16 heavy (non-hydrogen) atoms. The first-order valence-electron chi connectivity index (χ1n) is 3.30. The quantitative estimate of drug-likeness (QED) is 0.213. The molecule has 0 unspecified atom stereocenters. The molecular weight excluding hydrogens is 370 g/mol. The van der Waals surface area contributed by atoms with Crippen LogP contribution >= 0.6 is 30.4 Å². The van der Waals surface area contributed by atoms with Crippen molar-refractivity contribution in [2.45, 2.75) is 0 Å². The van der Waals surface area contributed by atoms with Gasteiger partial charge in [-0.15, -0.1) is 0 Å². The lowest BCUT2D eigenvalue weighted by Gasteiger charge is -1.98. The minimum absolute atomic E-state index is 0.173. The van der Waals surface area contributed by atoms with Crippen LogP contribution in [0.4, 0.5) is 17.6 Å². The highest BCUT2D eigenvalue weighted by atomic mass is 127. The van der Waals surface area contributed by atoms with Gasteiger partial charge in [-0.05, 0) is 22.6 Å². The van der Waals surface area contributed by atoms with E-state index in [9.17, 15) is 17.6 Å². The minimum Gasteiger partial charge on any atom is -0.303 e. The van der Waals surface area contributed by atoms with E-state index in [1.165, 1.54) is 22.6 Å². The second kappa shape index (κ2) is 5.92. The zero-order valence-electron chi connectivity index (χ0n) is 7.16. The van der Waals surface area contributed by atoms with Gasteiger partial charge in [0.1, 0.15) is 0 Å². The molecule has 1 aromatic carbocycles. The van der Waals surface area contributed by atoms with Gasteiger partial charge in [0.05, 0.1) is 3.57 Å². The molecule has 0 saturated carbocycles. The number of benzene rings is 1. The summed E-state index contributed by atoms with van der Waals surface area (Å²) in [5.41, 5.74) is 0. The highest BCUT2D eigenvalue weighted by molar-refractivity contribution is 14.1. The molecule has 0 atom stereocenters. The summed E-state index contributed by atoms with van der Waals surface area (Å²) >= 11 is 1.19. The molecular formula is C6H4F4IO4P. The second-order valence-electron chi connectivity index (χ2n) is 2.30. The Morgan fingerprint density at radius 1 is 1.00 bits per heavy atom. The summed E-state index contributed by atoms with van der Waals surface area (Å²) in [6, 6.07) is 0.173. The van der Waals surface area contributed by atoms with E-state index in [1.54, 1.807) is 0 Å². The summed E-state index contributed by atoms with van der Waals surface area (Å²) in [4.78, 5) is 21.6. The van der Waals surface area contributed by atoms with Gasteiger partial charge in [-0.1, -0.05) is 0 Å². The maximum atomic E-state index is 12.4. The van der Waals surface area contributed by atoms with Crippen LogP contribution in [0, 0.1) is 26.8 Å². The molecule has 0 heterocycles. The Labute approximate surface area is 100 Å². The Morgan fingerprint density at radius 3 is 1.50 bits per heavy atom. The Kier molecular flexibility index (Phi) is 5.84. The fourth-order valence-corrected chi connectivity index (χ4v) is 1.06. The maximum absolute atomic E-state index is 12.4. The molecule has 0 amide bonds. The summed E-state index contributed by atoms with van der Waals surface area (Å²) < 4.78 is 57.4. The van der Waals surface area contributed by atoms with Crippen molar-refractivity contribution >= 4 is 30.4 Å². The Balaban J connectivity index is 0.000000385. The van der Waals surface area contributed by atoms with Crippen molar-refractivity contribution in [1.29, 1.82) is 0 Å². The first kappa shape index (κ1) is 15.8. The molecule has 10 heteroatoms. The number of phosphoric acid groups is 1. The van der Waals surface area contributed by atoms with Gasteiger partial charge in [0.15, 0.2) is 23.3 Å².